The van der Waals surface area contributed by atoms with Gasteiger partial charge in [0, 0.05) is 23.2 Å². The van der Waals surface area contributed by atoms with E-state index in [1.54, 1.807) is 23.7 Å². The Hall–Kier alpha value is -0.940. The molecule has 2 heterocycles. The highest BCUT2D eigenvalue weighted by molar-refractivity contribution is 9.10. The van der Waals surface area contributed by atoms with Crippen molar-refractivity contribution in [2.75, 3.05) is 5.32 Å². The van der Waals surface area contributed by atoms with Crippen LogP contribution in [-0.4, -0.2) is 9.97 Å². The second kappa shape index (κ2) is 4.74. The summed E-state index contributed by atoms with van der Waals surface area (Å²) in [6, 6.07) is 1.92. The van der Waals surface area contributed by atoms with Crippen molar-refractivity contribution in [2.24, 2.45) is 0 Å². The number of anilines is 2. The van der Waals surface area contributed by atoms with Gasteiger partial charge in [0.25, 0.3) is 0 Å². The molecule has 2 rings (SSSR count). The molecule has 17 heavy (non-hydrogen) atoms. The number of thiazole rings is 1. The minimum atomic E-state index is 0.0892. The first-order valence-corrected chi connectivity index (χ1v) is 6.96. The first-order valence-electron chi connectivity index (χ1n) is 5.29. The maximum absolute atomic E-state index is 4.58. The van der Waals surface area contributed by atoms with Gasteiger partial charge >= 0.3 is 0 Å². The van der Waals surface area contributed by atoms with Gasteiger partial charge in [-0.15, -0.1) is 11.3 Å². The standard InChI is InChI=1S/C12H14BrN3S/c1-12(2,3)10-7-17-11(16-10)15-9-4-5-14-6-8(9)13/h4-7H,1-3H3,(H,14,15,16). The SMILES string of the molecule is CC(C)(C)c1csc(Nc2ccncc2Br)n1. The van der Waals surface area contributed by atoms with Gasteiger partial charge in [0.15, 0.2) is 5.13 Å². The Morgan fingerprint density at radius 2 is 2.12 bits per heavy atom. The zero-order valence-electron chi connectivity index (χ0n) is 9.99. The van der Waals surface area contributed by atoms with E-state index >= 15 is 0 Å². The molecule has 0 aliphatic carbocycles. The Labute approximate surface area is 113 Å². The van der Waals surface area contributed by atoms with Gasteiger partial charge in [0.1, 0.15) is 0 Å². The molecule has 0 radical (unpaired) electrons. The van der Waals surface area contributed by atoms with Crippen LogP contribution in [0.25, 0.3) is 0 Å². The van der Waals surface area contributed by atoms with Crippen LogP contribution in [0.15, 0.2) is 28.3 Å². The fourth-order valence-corrected chi connectivity index (χ4v) is 2.57. The minimum Gasteiger partial charge on any atom is -0.330 e. The summed E-state index contributed by atoms with van der Waals surface area (Å²) < 4.78 is 0.938. The van der Waals surface area contributed by atoms with Crippen molar-refractivity contribution in [3.05, 3.63) is 34.0 Å². The Bertz CT molecular complexity index is 516. The number of aromatic nitrogens is 2. The number of nitrogens with one attached hydrogen (secondary N) is 1. The number of halogens is 1. The highest BCUT2D eigenvalue weighted by Crippen LogP contribution is 2.30. The third kappa shape index (κ3) is 3.04. The van der Waals surface area contributed by atoms with E-state index in [0.29, 0.717) is 0 Å². The highest BCUT2D eigenvalue weighted by atomic mass is 79.9. The lowest BCUT2D eigenvalue weighted by Crippen LogP contribution is -2.11. The number of rotatable bonds is 2. The van der Waals surface area contributed by atoms with Gasteiger partial charge in [-0.1, -0.05) is 20.8 Å². The molecular formula is C12H14BrN3S. The lowest BCUT2D eigenvalue weighted by atomic mass is 9.93. The van der Waals surface area contributed by atoms with Gasteiger partial charge in [-0.3, -0.25) is 4.98 Å². The molecule has 0 unspecified atom stereocenters. The van der Waals surface area contributed by atoms with Crippen molar-refractivity contribution in [1.29, 1.82) is 0 Å². The van der Waals surface area contributed by atoms with Crippen molar-refractivity contribution in [3.8, 4) is 0 Å². The van der Waals surface area contributed by atoms with Crippen LogP contribution < -0.4 is 5.32 Å². The quantitative estimate of drug-likeness (QED) is 0.896. The second-order valence-corrected chi connectivity index (χ2v) is 6.48. The molecule has 0 aliphatic rings. The van der Waals surface area contributed by atoms with E-state index in [4.69, 9.17) is 0 Å². The number of hydrogen-bond acceptors (Lipinski definition) is 4. The van der Waals surface area contributed by atoms with Crippen molar-refractivity contribution < 1.29 is 0 Å². The molecule has 0 fully saturated rings. The monoisotopic (exact) mass is 311 g/mol. The molecule has 2 aromatic heterocycles. The molecule has 0 atom stereocenters. The van der Waals surface area contributed by atoms with Crippen LogP contribution >= 0.6 is 27.3 Å². The zero-order valence-corrected chi connectivity index (χ0v) is 12.4. The molecule has 0 amide bonds. The number of pyridine rings is 1. The van der Waals surface area contributed by atoms with Crippen LogP contribution in [-0.2, 0) is 5.41 Å². The van der Waals surface area contributed by atoms with Gasteiger partial charge in [0.05, 0.1) is 15.9 Å². The lowest BCUT2D eigenvalue weighted by molar-refractivity contribution is 0.573. The first kappa shape index (κ1) is 12.5. The number of nitrogens with zero attached hydrogens (tertiary/aromatic N) is 2. The van der Waals surface area contributed by atoms with E-state index in [-0.39, 0.29) is 5.41 Å². The van der Waals surface area contributed by atoms with Crippen LogP contribution in [0.5, 0.6) is 0 Å². The predicted octanol–water partition coefficient (Wildman–Crippen LogP) is 4.34. The van der Waals surface area contributed by atoms with E-state index < -0.39 is 0 Å². The Morgan fingerprint density at radius 1 is 1.35 bits per heavy atom. The molecule has 0 saturated heterocycles. The summed E-state index contributed by atoms with van der Waals surface area (Å²) in [7, 11) is 0. The molecule has 0 aromatic carbocycles. The maximum Gasteiger partial charge on any atom is 0.187 e. The average Bonchev–Trinajstić information content (AvgIpc) is 2.69. The van der Waals surface area contributed by atoms with Gasteiger partial charge in [0.2, 0.25) is 0 Å². The molecule has 2 aromatic rings. The minimum absolute atomic E-state index is 0.0892. The molecule has 5 heteroatoms. The zero-order chi connectivity index (χ0) is 12.5. The van der Waals surface area contributed by atoms with Crippen LogP contribution in [0.2, 0.25) is 0 Å². The van der Waals surface area contributed by atoms with Gasteiger partial charge < -0.3 is 5.32 Å². The van der Waals surface area contributed by atoms with Gasteiger partial charge in [-0.05, 0) is 22.0 Å². The largest absolute Gasteiger partial charge is 0.330 e. The van der Waals surface area contributed by atoms with Crippen LogP contribution in [0, 0.1) is 0 Å². The summed E-state index contributed by atoms with van der Waals surface area (Å²) in [6.07, 6.45) is 3.52. The van der Waals surface area contributed by atoms with Crippen molar-refractivity contribution >= 4 is 38.1 Å². The summed E-state index contributed by atoms with van der Waals surface area (Å²) >= 11 is 5.07. The second-order valence-electron chi connectivity index (χ2n) is 4.77. The van der Waals surface area contributed by atoms with Crippen molar-refractivity contribution in [2.45, 2.75) is 26.2 Å². The van der Waals surface area contributed by atoms with E-state index in [1.807, 2.05) is 6.07 Å². The van der Waals surface area contributed by atoms with Gasteiger partial charge in [-0.2, -0.15) is 0 Å². The van der Waals surface area contributed by atoms with Crippen LogP contribution in [0.4, 0.5) is 10.8 Å². The third-order valence-electron chi connectivity index (χ3n) is 2.29. The molecule has 1 N–H and O–H groups in total. The molecule has 90 valence electrons. The fraction of sp³-hybridized carbons (Fsp3) is 0.333. The smallest absolute Gasteiger partial charge is 0.187 e. The fourth-order valence-electron chi connectivity index (χ4n) is 1.27. The normalized spacial score (nSPS) is 11.5. The topological polar surface area (TPSA) is 37.8 Å². The predicted molar refractivity (Wildman–Crippen MR) is 76.0 cm³/mol. The molecule has 0 spiro atoms. The van der Waals surface area contributed by atoms with Crippen LogP contribution in [0.3, 0.4) is 0 Å². The molecular weight excluding hydrogens is 298 g/mol. The summed E-state index contributed by atoms with van der Waals surface area (Å²) in [4.78, 5) is 8.61. The van der Waals surface area contributed by atoms with Crippen LogP contribution in [0.1, 0.15) is 26.5 Å². The van der Waals surface area contributed by atoms with E-state index in [0.717, 1.165) is 21.0 Å². The summed E-state index contributed by atoms with van der Waals surface area (Å²) in [5.74, 6) is 0. The van der Waals surface area contributed by atoms with Crippen molar-refractivity contribution in [1.82, 2.24) is 9.97 Å². The summed E-state index contributed by atoms with van der Waals surface area (Å²) in [5.41, 5.74) is 2.18. The highest BCUT2D eigenvalue weighted by Gasteiger charge is 2.17. The molecule has 0 saturated carbocycles. The van der Waals surface area contributed by atoms with E-state index in [2.05, 4.69) is 57.4 Å². The Balaban J connectivity index is 2.21. The first-order chi connectivity index (χ1) is 7.97. The molecule has 0 bridgehead atoms. The Kier molecular flexibility index (Phi) is 3.49. The average molecular weight is 312 g/mol. The summed E-state index contributed by atoms with van der Waals surface area (Å²) in [6.45, 7) is 6.48. The van der Waals surface area contributed by atoms with E-state index in [1.165, 1.54) is 0 Å². The van der Waals surface area contributed by atoms with E-state index in [9.17, 15) is 0 Å². The van der Waals surface area contributed by atoms with Crippen molar-refractivity contribution in [3.63, 3.8) is 0 Å². The molecule has 0 aliphatic heterocycles. The molecule has 3 nitrogen and oxygen atoms in total. The summed E-state index contributed by atoms with van der Waals surface area (Å²) in [5, 5.41) is 6.28. The Morgan fingerprint density at radius 3 is 2.71 bits per heavy atom. The number of hydrogen-bond donors (Lipinski definition) is 1. The maximum atomic E-state index is 4.58. The lowest BCUT2D eigenvalue weighted by Gasteiger charge is -2.14. The third-order valence-corrected chi connectivity index (χ3v) is 3.68. The van der Waals surface area contributed by atoms with Gasteiger partial charge in [-0.25, -0.2) is 4.98 Å².